The lowest BCUT2D eigenvalue weighted by atomic mass is 10.1. The van der Waals surface area contributed by atoms with Crippen molar-refractivity contribution in [1.29, 1.82) is 0 Å². The summed E-state index contributed by atoms with van der Waals surface area (Å²) < 4.78 is 44.0. The average Bonchev–Trinajstić information content (AvgIpc) is 2.85. The zero-order valence-electron chi connectivity index (χ0n) is 20.6. The average molecular weight is 527 g/mol. The molecule has 11 heteroatoms. The molecule has 0 aliphatic rings. The molecule has 2 N–H and O–H groups in total. The van der Waals surface area contributed by atoms with E-state index in [1.807, 2.05) is 13.0 Å². The summed E-state index contributed by atoms with van der Waals surface area (Å²) in [5.41, 5.74) is 5.53. The minimum atomic E-state index is -3.70. The van der Waals surface area contributed by atoms with E-state index >= 15 is 0 Å². The van der Waals surface area contributed by atoms with Crippen LogP contribution in [0.15, 0.2) is 71.8 Å². The number of rotatable bonds is 10. The SMILES string of the molecule is Cc1cccc(N(CC(=O)NN=Cc2ccc(OCC(=O)Nc3ccc(F)cc3)cc2)S(C)(=O)=O)c1C. The summed E-state index contributed by atoms with van der Waals surface area (Å²) in [4.78, 5) is 24.4. The van der Waals surface area contributed by atoms with Gasteiger partial charge in [-0.25, -0.2) is 18.2 Å². The maximum Gasteiger partial charge on any atom is 0.262 e. The van der Waals surface area contributed by atoms with E-state index in [9.17, 15) is 22.4 Å². The highest BCUT2D eigenvalue weighted by molar-refractivity contribution is 7.92. The number of ether oxygens (including phenoxy) is 1. The molecule has 3 aromatic carbocycles. The molecular formula is C26H27FN4O5S. The Bertz CT molecular complexity index is 1390. The minimum absolute atomic E-state index is 0.238. The molecule has 2 amide bonds. The molecule has 0 aliphatic heterocycles. The molecule has 3 rings (SSSR count). The second kappa shape index (κ2) is 12.1. The summed E-state index contributed by atoms with van der Waals surface area (Å²) in [6.07, 6.45) is 2.44. The standard InChI is InChI=1S/C26H27FN4O5S/c1-18-5-4-6-24(19(18)2)31(37(3,34)35)16-25(32)30-28-15-20-7-13-23(14-8-20)36-17-26(33)29-22-11-9-21(27)10-12-22/h4-15H,16-17H2,1-3H3,(H,29,33)(H,30,32). The van der Waals surface area contributed by atoms with Gasteiger partial charge in [-0.2, -0.15) is 5.10 Å². The van der Waals surface area contributed by atoms with Crippen LogP contribution in [0.2, 0.25) is 0 Å². The third-order valence-corrected chi connectivity index (χ3v) is 6.44. The van der Waals surface area contributed by atoms with Gasteiger partial charge in [0.1, 0.15) is 18.1 Å². The van der Waals surface area contributed by atoms with E-state index in [0.29, 0.717) is 22.7 Å². The molecule has 0 spiro atoms. The number of benzene rings is 3. The van der Waals surface area contributed by atoms with Crippen LogP contribution in [0.25, 0.3) is 0 Å². The fourth-order valence-electron chi connectivity index (χ4n) is 3.26. The lowest BCUT2D eigenvalue weighted by Gasteiger charge is -2.23. The van der Waals surface area contributed by atoms with Crippen molar-refractivity contribution in [2.75, 3.05) is 29.0 Å². The maximum atomic E-state index is 12.9. The number of hydrogen-bond donors (Lipinski definition) is 2. The van der Waals surface area contributed by atoms with Gasteiger partial charge in [-0.1, -0.05) is 12.1 Å². The third kappa shape index (κ3) is 8.14. The maximum absolute atomic E-state index is 12.9. The fourth-order valence-corrected chi connectivity index (χ4v) is 4.17. The summed E-state index contributed by atoms with van der Waals surface area (Å²) >= 11 is 0. The molecule has 0 radical (unpaired) electrons. The number of nitrogens with one attached hydrogen (secondary N) is 2. The van der Waals surface area contributed by atoms with E-state index in [1.165, 1.54) is 30.5 Å². The molecule has 0 saturated carbocycles. The van der Waals surface area contributed by atoms with Crippen LogP contribution in [-0.2, 0) is 19.6 Å². The number of anilines is 2. The Labute approximate surface area is 215 Å². The van der Waals surface area contributed by atoms with Crippen molar-refractivity contribution in [3.63, 3.8) is 0 Å². The molecule has 0 saturated heterocycles. The van der Waals surface area contributed by atoms with Gasteiger partial charge in [-0.05, 0) is 85.1 Å². The Balaban J connectivity index is 1.51. The lowest BCUT2D eigenvalue weighted by molar-refractivity contribution is -0.119. The first-order valence-corrected chi connectivity index (χ1v) is 13.0. The van der Waals surface area contributed by atoms with Crippen molar-refractivity contribution >= 4 is 39.4 Å². The molecule has 0 atom stereocenters. The number of aryl methyl sites for hydroxylation is 1. The van der Waals surface area contributed by atoms with Crippen molar-refractivity contribution in [2.24, 2.45) is 5.10 Å². The summed E-state index contributed by atoms with van der Waals surface area (Å²) in [5.74, 6) is -0.961. The number of amides is 2. The van der Waals surface area contributed by atoms with Crippen molar-refractivity contribution in [1.82, 2.24) is 5.43 Å². The van der Waals surface area contributed by atoms with E-state index in [4.69, 9.17) is 4.74 Å². The van der Waals surface area contributed by atoms with Crippen molar-refractivity contribution in [2.45, 2.75) is 13.8 Å². The summed E-state index contributed by atoms with van der Waals surface area (Å²) in [6, 6.07) is 17.2. The molecule has 0 aromatic heterocycles. The number of carbonyl (C=O) groups excluding carboxylic acids is 2. The first kappa shape index (κ1) is 27.3. The summed E-state index contributed by atoms with van der Waals surface area (Å²) in [6.45, 7) is 3.00. The molecule has 194 valence electrons. The first-order valence-electron chi connectivity index (χ1n) is 11.2. The zero-order chi connectivity index (χ0) is 27.0. The highest BCUT2D eigenvalue weighted by Gasteiger charge is 2.22. The molecule has 37 heavy (non-hydrogen) atoms. The fraction of sp³-hybridized carbons (Fsp3) is 0.192. The van der Waals surface area contributed by atoms with Gasteiger partial charge < -0.3 is 10.1 Å². The van der Waals surface area contributed by atoms with Crippen LogP contribution >= 0.6 is 0 Å². The molecule has 0 fully saturated rings. The van der Waals surface area contributed by atoms with Gasteiger partial charge in [0.15, 0.2) is 6.61 Å². The van der Waals surface area contributed by atoms with E-state index in [1.54, 1.807) is 43.3 Å². The molecular weight excluding hydrogens is 499 g/mol. The van der Waals surface area contributed by atoms with Crippen LogP contribution in [0.5, 0.6) is 5.75 Å². The summed E-state index contributed by atoms with van der Waals surface area (Å²) in [7, 11) is -3.70. The molecule has 3 aromatic rings. The quantitative estimate of drug-likeness (QED) is 0.310. The number of halogens is 1. The molecule has 0 bridgehead atoms. The smallest absolute Gasteiger partial charge is 0.262 e. The van der Waals surface area contributed by atoms with Crippen molar-refractivity contribution in [3.8, 4) is 5.75 Å². The van der Waals surface area contributed by atoms with Gasteiger partial charge in [-0.3, -0.25) is 13.9 Å². The first-order chi connectivity index (χ1) is 17.5. The monoisotopic (exact) mass is 526 g/mol. The van der Waals surface area contributed by atoms with Crippen molar-refractivity contribution < 1.29 is 27.1 Å². The van der Waals surface area contributed by atoms with Gasteiger partial charge in [0.2, 0.25) is 10.0 Å². The number of carbonyl (C=O) groups is 2. The predicted molar refractivity (Wildman–Crippen MR) is 141 cm³/mol. The Morgan fingerprint density at radius 3 is 2.32 bits per heavy atom. The van der Waals surface area contributed by atoms with Crippen molar-refractivity contribution in [3.05, 3.63) is 89.2 Å². The van der Waals surface area contributed by atoms with Crippen LogP contribution in [0.1, 0.15) is 16.7 Å². The number of nitrogens with zero attached hydrogens (tertiary/aromatic N) is 2. The van der Waals surface area contributed by atoms with Crippen LogP contribution < -0.4 is 19.8 Å². The molecule has 0 aliphatic carbocycles. The van der Waals surface area contributed by atoms with E-state index in [2.05, 4.69) is 15.8 Å². The Morgan fingerprint density at radius 1 is 1.00 bits per heavy atom. The number of hydrazone groups is 1. The third-order valence-electron chi connectivity index (χ3n) is 5.31. The van der Waals surface area contributed by atoms with Crippen LogP contribution in [0, 0.1) is 19.7 Å². The summed E-state index contributed by atoms with van der Waals surface area (Å²) in [5, 5.41) is 6.48. The topological polar surface area (TPSA) is 117 Å². The van der Waals surface area contributed by atoms with E-state index in [0.717, 1.165) is 21.7 Å². The number of sulfonamides is 1. The Kier molecular flexibility index (Phi) is 8.96. The highest BCUT2D eigenvalue weighted by Crippen LogP contribution is 2.24. The van der Waals surface area contributed by atoms with Gasteiger partial charge >= 0.3 is 0 Å². The molecule has 0 unspecified atom stereocenters. The second-order valence-electron chi connectivity index (χ2n) is 8.19. The van der Waals surface area contributed by atoms with Crippen LogP contribution in [0.3, 0.4) is 0 Å². The van der Waals surface area contributed by atoms with Gasteiger partial charge in [0.05, 0.1) is 18.2 Å². The predicted octanol–water partition coefficient (Wildman–Crippen LogP) is 3.38. The highest BCUT2D eigenvalue weighted by atomic mass is 32.2. The molecule has 9 nitrogen and oxygen atoms in total. The van der Waals surface area contributed by atoms with Crippen LogP contribution in [0.4, 0.5) is 15.8 Å². The number of hydrogen-bond acceptors (Lipinski definition) is 6. The van der Waals surface area contributed by atoms with Crippen LogP contribution in [-0.4, -0.2) is 45.9 Å². The normalized spacial score (nSPS) is 11.2. The van der Waals surface area contributed by atoms with E-state index in [-0.39, 0.29) is 6.61 Å². The lowest BCUT2D eigenvalue weighted by Crippen LogP contribution is -2.39. The van der Waals surface area contributed by atoms with Gasteiger partial charge in [0.25, 0.3) is 11.8 Å². The second-order valence-corrected chi connectivity index (χ2v) is 10.1. The Hall–Kier alpha value is -4.25. The minimum Gasteiger partial charge on any atom is -0.484 e. The zero-order valence-corrected chi connectivity index (χ0v) is 21.4. The van der Waals surface area contributed by atoms with E-state index < -0.39 is 34.2 Å². The Morgan fingerprint density at radius 2 is 1.68 bits per heavy atom. The van der Waals surface area contributed by atoms with Gasteiger partial charge in [-0.15, -0.1) is 0 Å². The molecule has 0 heterocycles. The largest absolute Gasteiger partial charge is 0.484 e. The van der Waals surface area contributed by atoms with Gasteiger partial charge in [0, 0.05) is 5.69 Å².